The highest BCUT2D eigenvalue weighted by Gasteiger charge is 2.30. The molecule has 2 heterocycles. The van der Waals surface area contributed by atoms with E-state index in [0.717, 1.165) is 57.7 Å². The van der Waals surface area contributed by atoms with Gasteiger partial charge in [-0.15, -0.1) is 0 Å². The normalized spacial score (nSPS) is 21.8. The molecular weight excluding hydrogens is 471 g/mol. The van der Waals surface area contributed by atoms with Crippen LogP contribution in [0.3, 0.4) is 0 Å². The number of benzene rings is 2. The van der Waals surface area contributed by atoms with Crippen molar-refractivity contribution in [2.45, 2.75) is 32.2 Å². The lowest BCUT2D eigenvalue weighted by atomic mass is 9.78. The number of hydrogen-bond acceptors (Lipinski definition) is 4. The molecule has 0 unspecified atom stereocenters. The molecule has 1 aliphatic carbocycles. The summed E-state index contributed by atoms with van der Waals surface area (Å²) in [6, 6.07) is 13.0. The molecule has 1 aromatic heterocycles. The zero-order valence-corrected chi connectivity index (χ0v) is 20.7. The molecule has 34 heavy (non-hydrogen) atoms. The third-order valence-corrected chi connectivity index (χ3v) is 8.32. The number of rotatable bonds is 5. The maximum Gasteiger partial charge on any atom is 0.328 e. The summed E-state index contributed by atoms with van der Waals surface area (Å²) in [5, 5.41) is 1.78. The maximum atomic E-state index is 13.0. The number of nitrogens with zero attached hydrogens (tertiary/aromatic N) is 3. The van der Waals surface area contributed by atoms with Gasteiger partial charge in [0.2, 0.25) is 0 Å². The summed E-state index contributed by atoms with van der Waals surface area (Å²) in [6.07, 6.45) is 4.57. The number of anilines is 1. The van der Waals surface area contributed by atoms with Crippen LogP contribution in [-0.2, 0) is 6.54 Å². The van der Waals surface area contributed by atoms with E-state index in [9.17, 15) is 9.59 Å². The Kier molecular flexibility index (Phi) is 7.00. The average molecular weight is 501 g/mol. The van der Waals surface area contributed by atoms with Gasteiger partial charge >= 0.3 is 5.69 Å². The molecule has 3 aromatic rings. The van der Waals surface area contributed by atoms with E-state index in [1.165, 1.54) is 11.0 Å². The minimum Gasteiger partial charge on any atom is -0.368 e. The highest BCUT2D eigenvalue weighted by molar-refractivity contribution is 6.43. The van der Waals surface area contributed by atoms with Crippen LogP contribution in [0.2, 0.25) is 10.0 Å². The van der Waals surface area contributed by atoms with E-state index in [2.05, 4.69) is 14.8 Å². The Hall–Kier alpha value is -2.28. The molecule has 2 aliphatic rings. The van der Waals surface area contributed by atoms with Gasteiger partial charge in [-0.1, -0.05) is 54.2 Å². The number of aromatic nitrogens is 2. The number of para-hydroxylation sites is 1. The van der Waals surface area contributed by atoms with Gasteiger partial charge in [-0.25, -0.2) is 4.79 Å². The Morgan fingerprint density at radius 2 is 1.56 bits per heavy atom. The van der Waals surface area contributed by atoms with Gasteiger partial charge in [-0.05, 0) is 48.9 Å². The fraction of sp³-hybridized carbons (Fsp3) is 0.462. The molecule has 5 rings (SSSR count). The molecule has 0 bridgehead atoms. The van der Waals surface area contributed by atoms with E-state index in [0.29, 0.717) is 39.3 Å². The second-order valence-electron chi connectivity index (χ2n) is 9.56. The Bertz CT molecular complexity index is 1280. The molecule has 0 radical (unpaired) electrons. The van der Waals surface area contributed by atoms with Gasteiger partial charge in [0.1, 0.15) is 0 Å². The molecule has 180 valence electrons. The molecule has 2 fully saturated rings. The van der Waals surface area contributed by atoms with Crippen LogP contribution in [0.4, 0.5) is 5.69 Å². The quantitative estimate of drug-likeness (QED) is 0.554. The van der Waals surface area contributed by atoms with Gasteiger partial charge in [0.25, 0.3) is 5.56 Å². The highest BCUT2D eigenvalue weighted by Crippen LogP contribution is 2.34. The molecule has 0 amide bonds. The van der Waals surface area contributed by atoms with Crippen molar-refractivity contribution < 1.29 is 0 Å². The van der Waals surface area contributed by atoms with Crippen LogP contribution in [0.15, 0.2) is 52.1 Å². The number of hydrogen-bond donors (Lipinski definition) is 1. The molecule has 1 saturated heterocycles. The number of H-pyrrole nitrogens is 1. The molecule has 1 N–H and O–H groups in total. The molecule has 2 aromatic carbocycles. The minimum absolute atomic E-state index is 0.185. The second kappa shape index (κ2) is 10.1. The number of halogens is 2. The summed E-state index contributed by atoms with van der Waals surface area (Å²) in [4.78, 5) is 33.5. The van der Waals surface area contributed by atoms with Crippen molar-refractivity contribution in [3.8, 4) is 0 Å². The molecular formula is C26H30Cl2N4O2. The van der Waals surface area contributed by atoms with E-state index in [-0.39, 0.29) is 11.2 Å². The van der Waals surface area contributed by atoms with Crippen LogP contribution < -0.4 is 16.1 Å². The van der Waals surface area contributed by atoms with E-state index in [1.54, 1.807) is 12.1 Å². The van der Waals surface area contributed by atoms with Crippen molar-refractivity contribution >= 4 is 39.8 Å². The molecule has 2 atom stereocenters. The summed E-state index contributed by atoms with van der Waals surface area (Å²) in [7, 11) is 0. The first kappa shape index (κ1) is 23.5. The van der Waals surface area contributed by atoms with Crippen molar-refractivity contribution in [2.24, 2.45) is 11.8 Å². The monoisotopic (exact) mass is 500 g/mol. The van der Waals surface area contributed by atoms with Gasteiger partial charge in [-0.2, -0.15) is 0 Å². The third kappa shape index (κ3) is 4.77. The fourth-order valence-electron chi connectivity index (χ4n) is 5.60. The van der Waals surface area contributed by atoms with Crippen LogP contribution in [-0.4, -0.2) is 47.2 Å². The van der Waals surface area contributed by atoms with Crippen molar-refractivity contribution in [2.75, 3.05) is 37.6 Å². The lowest BCUT2D eigenvalue weighted by Gasteiger charge is -2.40. The largest absolute Gasteiger partial charge is 0.368 e. The molecule has 1 aliphatic heterocycles. The number of nitrogens with one attached hydrogen (secondary N) is 1. The maximum absolute atomic E-state index is 13.0. The van der Waals surface area contributed by atoms with Gasteiger partial charge < -0.3 is 9.88 Å². The van der Waals surface area contributed by atoms with Crippen molar-refractivity contribution in [3.05, 3.63) is 73.3 Å². The van der Waals surface area contributed by atoms with Gasteiger partial charge in [-0.3, -0.25) is 14.3 Å². The van der Waals surface area contributed by atoms with Crippen molar-refractivity contribution in [1.82, 2.24) is 14.5 Å². The fourth-order valence-corrected chi connectivity index (χ4v) is 6.02. The summed E-state index contributed by atoms with van der Waals surface area (Å²) >= 11 is 12.6. The number of piperazine rings is 1. The Morgan fingerprint density at radius 1 is 0.853 bits per heavy atom. The van der Waals surface area contributed by atoms with E-state index >= 15 is 0 Å². The zero-order chi connectivity index (χ0) is 23.7. The van der Waals surface area contributed by atoms with Gasteiger partial charge in [0.15, 0.2) is 0 Å². The first-order valence-corrected chi connectivity index (χ1v) is 12.9. The standard InChI is InChI=1S/C26H30Cl2N4O2/c27-21-9-5-11-23(24(21)28)31-14-12-30(13-15-31)16-18-6-1-2-7-19(18)17-32-25(33)20-8-3-4-10-22(20)29-26(32)34/h3-5,8-11,18-19H,1-2,6-7,12-17H2,(H,29,34)/t18-,19-/m0/s1. The van der Waals surface area contributed by atoms with Crippen LogP contribution in [0.1, 0.15) is 25.7 Å². The second-order valence-corrected chi connectivity index (χ2v) is 10.3. The van der Waals surface area contributed by atoms with E-state index < -0.39 is 0 Å². The summed E-state index contributed by atoms with van der Waals surface area (Å²) in [5.74, 6) is 0.807. The lowest BCUT2D eigenvalue weighted by Crippen LogP contribution is -2.49. The van der Waals surface area contributed by atoms with E-state index in [1.807, 2.05) is 30.3 Å². The smallest absolute Gasteiger partial charge is 0.328 e. The van der Waals surface area contributed by atoms with Crippen LogP contribution >= 0.6 is 23.2 Å². The van der Waals surface area contributed by atoms with Crippen molar-refractivity contribution in [3.63, 3.8) is 0 Å². The topological polar surface area (TPSA) is 61.3 Å². The SMILES string of the molecule is O=c1[nH]c2ccccc2c(=O)n1C[C@@H]1CCCC[C@H]1CN1CCN(c2cccc(Cl)c2Cl)CC1. The molecule has 0 spiro atoms. The van der Waals surface area contributed by atoms with Gasteiger partial charge in [0.05, 0.1) is 26.6 Å². The zero-order valence-electron chi connectivity index (χ0n) is 19.2. The van der Waals surface area contributed by atoms with E-state index in [4.69, 9.17) is 23.2 Å². The first-order valence-electron chi connectivity index (χ1n) is 12.1. The lowest BCUT2D eigenvalue weighted by molar-refractivity contribution is 0.133. The molecule has 6 nitrogen and oxygen atoms in total. The van der Waals surface area contributed by atoms with Gasteiger partial charge in [0, 0.05) is 39.3 Å². The summed E-state index contributed by atoms with van der Waals surface area (Å²) < 4.78 is 1.42. The van der Waals surface area contributed by atoms with Crippen molar-refractivity contribution in [1.29, 1.82) is 0 Å². The summed E-state index contributed by atoms with van der Waals surface area (Å²) in [5.41, 5.74) is 1.11. The predicted molar refractivity (Wildman–Crippen MR) is 139 cm³/mol. The highest BCUT2D eigenvalue weighted by atomic mass is 35.5. The molecule has 1 saturated carbocycles. The first-order chi connectivity index (χ1) is 16.5. The Balaban J connectivity index is 1.27. The Morgan fingerprint density at radius 3 is 2.32 bits per heavy atom. The van der Waals surface area contributed by atoms with Crippen LogP contribution in [0.25, 0.3) is 10.9 Å². The number of fused-ring (bicyclic) bond motifs is 1. The number of aromatic amines is 1. The minimum atomic E-state index is -0.306. The summed E-state index contributed by atoms with van der Waals surface area (Å²) in [6.45, 7) is 5.22. The molecule has 8 heteroatoms. The predicted octanol–water partition coefficient (Wildman–Crippen LogP) is 4.63. The average Bonchev–Trinajstić information content (AvgIpc) is 2.85. The van der Waals surface area contributed by atoms with Crippen LogP contribution in [0, 0.1) is 11.8 Å². The van der Waals surface area contributed by atoms with Crippen LogP contribution in [0.5, 0.6) is 0 Å². The Labute approximate surface area is 209 Å². The third-order valence-electron chi connectivity index (χ3n) is 7.51.